The number of aromatic nitrogens is 1. The first kappa shape index (κ1) is 17.7. The summed E-state index contributed by atoms with van der Waals surface area (Å²) in [6, 6.07) is 30.1. The van der Waals surface area contributed by atoms with Crippen LogP contribution in [0.15, 0.2) is 84.9 Å². The van der Waals surface area contributed by atoms with Crippen LogP contribution in [0.1, 0.15) is 11.1 Å². The highest BCUT2D eigenvalue weighted by Crippen LogP contribution is 2.33. The average Bonchev–Trinajstić information content (AvgIpc) is 3.16. The number of aromatic amines is 1. The zero-order chi connectivity index (χ0) is 19.8. The smallest absolute Gasteiger partial charge is 0.0465 e. The van der Waals surface area contributed by atoms with Gasteiger partial charge in [0.1, 0.15) is 0 Å². The lowest BCUT2D eigenvalue weighted by molar-refractivity contribution is 1.07. The average molecular weight is 377 g/mol. The van der Waals surface area contributed by atoms with E-state index in [1.165, 1.54) is 33.0 Å². The molecule has 142 valence electrons. The van der Waals surface area contributed by atoms with E-state index in [1.807, 2.05) is 0 Å². The van der Waals surface area contributed by atoms with E-state index < -0.39 is 0 Å². The van der Waals surface area contributed by atoms with E-state index >= 15 is 0 Å². The van der Waals surface area contributed by atoms with E-state index in [2.05, 4.69) is 89.9 Å². The zero-order valence-electron chi connectivity index (χ0n) is 16.2. The minimum absolute atomic E-state index is 0.550. The predicted molar refractivity (Wildman–Crippen MR) is 122 cm³/mol. The van der Waals surface area contributed by atoms with Crippen LogP contribution in [0.3, 0.4) is 0 Å². The first-order valence-corrected chi connectivity index (χ1v) is 9.89. The molecule has 0 spiro atoms. The van der Waals surface area contributed by atoms with Crippen LogP contribution in [-0.2, 0) is 13.1 Å². The highest BCUT2D eigenvalue weighted by atomic mass is 14.7. The lowest BCUT2D eigenvalue weighted by atomic mass is 9.98. The summed E-state index contributed by atoms with van der Waals surface area (Å²) < 4.78 is 0. The summed E-state index contributed by atoms with van der Waals surface area (Å²) >= 11 is 0. The largest absolute Gasteiger partial charge is 0.355 e. The maximum atomic E-state index is 5.82. The summed E-state index contributed by atoms with van der Waals surface area (Å²) in [5, 5.41) is 2.46. The Labute approximate surface area is 170 Å². The highest BCUT2D eigenvalue weighted by Gasteiger charge is 2.09. The van der Waals surface area contributed by atoms with Gasteiger partial charge in [-0.1, -0.05) is 48.5 Å². The van der Waals surface area contributed by atoms with Crippen molar-refractivity contribution in [3.63, 3.8) is 0 Å². The van der Waals surface area contributed by atoms with Gasteiger partial charge in [-0.15, -0.1) is 0 Å². The molecule has 5 N–H and O–H groups in total. The molecule has 0 aliphatic carbocycles. The molecule has 0 saturated heterocycles. The number of nitrogens with two attached hydrogens (primary N) is 2. The Morgan fingerprint density at radius 2 is 0.966 bits per heavy atom. The maximum Gasteiger partial charge on any atom is 0.0465 e. The summed E-state index contributed by atoms with van der Waals surface area (Å²) in [6.07, 6.45) is 0. The van der Waals surface area contributed by atoms with E-state index in [0.717, 1.165) is 22.2 Å². The lowest BCUT2D eigenvalue weighted by Gasteiger charge is -2.06. The van der Waals surface area contributed by atoms with Crippen molar-refractivity contribution in [2.75, 3.05) is 0 Å². The van der Waals surface area contributed by atoms with Crippen molar-refractivity contribution in [2.24, 2.45) is 11.5 Å². The highest BCUT2D eigenvalue weighted by molar-refractivity contribution is 6.09. The van der Waals surface area contributed by atoms with Crippen LogP contribution < -0.4 is 11.5 Å². The van der Waals surface area contributed by atoms with E-state index in [4.69, 9.17) is 11.5 Å². The second kappa shape index (κ2) is 7.21. The molecule has 1 heterocycles. The molecule has 3 heteroatoms. The number of benzene rings is 4. The molecule has 1 aromatic heterocycles. The summed E-state index contributed by atoms with van der Waals surface area (Å²) in [5.74, 6) is 0. The Balaban J connectivity index is 1.66. The van der Waals surface area contributed by atoms with E-state index in [9.17, 15) is 0 Å². The van der Waals surface area contributed by atoms with Crippen LogP contribution in [0, 0.1) is 0 Å². The molecule has 4 aromatic carbocycles. The van der Waals surface area contributed by atoms with Gasteiger partial charge in [0, 0.05) is 34.9 Å². The van der Waals surface area contributed by atoms with Gasteiger partial charge in [0.05, 0.1) is 0 Å². The Morgan fingerprint density at radius 3 is 1.41 bits per heavy atom. The molecule has 0 saturated carbocycles. The van der Waals surface area contributed by atoms with Gasteiger partial charge in [-0.3, -0.25) is 0 Å². The second-order valence-corrected chi connectivity index (χ2v) is 7.45. The molecule has 0 aliphatic rings. The van der Waals surface area contributed by atoms with Gasteiger partial charge >= 0.3 is 0 Å². The molecule has 0 radical (unpaired) electrons. The molecule has 0 fully saturated rings. The van der Waals surface area contributed by atoms with Gasteiger partial charge in [0.25, 0.3) is 0 Å². The molecule has 29 heavy (non-hydrogen) atoms. The minimum Gasteiger partial charge on any atom is -0.355 e. The summed E-state index contributed by atoms with van der Waals surface area (Å²) in [5.41, 5.74) is 21.0. The molecule has 0 unspecified atom stereocenters. The van der Waals surface area contributed by atoms with E-state index in [0.29, 0.717) is 13.1 Å². The van der Waals surface area contributed by atoms with Crippen molar-refractivity contribution >= 4 is 21.8 Å². The molecule has 0 atom stereocenters. The van der Waals surface area contributed by atoms with Crippen molar-refractivity contribution in [2.45, 2.75) is 13.1 Å². The Hall–Kier alpha value is -3.40. The van der Waals surface area contributed by atoms with Crippen LogP contribution in [0.4, 0.5) is 0 Å². The van der Waals surface area contributed by atoms with E-state index in [-0.39, 0.29) is 0 Å². The fraction of sp³-hybridized carbons (Fsp3) is 0.0769. The SMILES string of the molecule is NCc1cccc(-c2ccc3[nH]c4ccc(-c5cccc(CN)c5)cc4c3c2)c1. The van der Waals surface area contributed by atoms with Crippen LogP contribution in [0.2, 0.25) is 0 Å². The third kappa shape index (κ3) is 3.21. The van der Waals surface area contributed by atoms with Gasteiger partial charge in [-0.05, 0) is 69.8 Å². The molecule has 0 amide bonds. The first-order valence-electron chi connectivity index (χ1n) is 9.89. The Bertz CT molecular complexity index is 1230. The minimum atomic E-state index is 0.550. The van der Waals surface area contributed by atoms with Crippen LogP contribution >= 0.6 is 0 Å². The fourth-order valence-corrected chi connectivity index (χ4v) is 4.01. The Kier molecular flexibility index (Phi) is 4.39. The van der Waals surface area contributed by atoms with E-state index in [1.54, 1.807) is 0 Å². The van der Waals surface area contributed by atoms with Crippen molar-refractivity contribution in [1.29, 1.82) is 0 Å². The van der Waals surface area contributed by atoms with Crippen LogP contribution in [0.25, 0.3) is 44.1 Å². The molecular weight excluding hydrogens is 354 g/mol. The topological polar surface area (TPSA) is 67.8 Å². The second-order valence-electron chi connectivity index (χ2n) is 7.45. The number of rotatable bonds is 4. The van der Waals surface area contributed by atoms with Crippen LogP contribution in [-0.4, -0.2) is 4.98 Å². The van der Waals surface area contributed by atoms with Crippen molar-refractivity contribution in [3.8, 4) is 22.3 Å². The molecule has 0 aliphatic heterocycles. The molecular formula is C26H23N3. The number of nitrogens with one attached hydrogen (secondary N) is 1. The van der Waals surface area contributed by atoms with Gasteiger partial charge in [0.2, 0.25) is 0 Å². The third-order valence-electron chi connectivity index (χ3n) is 5.59. The number of hydrogen-bond donors (Lipinski definition) is 3. The van der Waals surface area contributed by atoms with Crippen LogP contribution in [0.5, 0.6) is 0 Å². The zero-order valence-corrected chi connectivity index (χ0v) is 16.2. The first-order chi connectivity index (χ1) is 14.2. The van der Waals surface area contributed by atoms with Crippen molar-refractivity contribution in [1.82, 2.24) is 4.98 Å². The fourth-order valence-electron chi connectivity index (χ4n) is 4.01. The van der Waals surface area contributed by atoms with Gasteiger partial charge in [-0.25, -0.2) is 0 Å². The van der Waals surface area contributed by atoms with Crippen molar-refractivity contribution in [3.05, 3.63) is 96.1 Å². The number of H-pyrrole nitrogens is 1. The molecule has 3 nitrogen and oxygen atoms in total. The summed E-state index contributed by atoms with van der Waals surface area (Å²) in [7, 11) is 0. The molecule has 5 rings (SSSR count). The molecule has 0 bridgehead atoms. The Morgan fingerprint density at radius 1 is 0.517 bits per heavy atom. The summed E-state index contributed by atoms with van der Waals surface area (Å²) in [6.45, 7) is 1.10. The van der Waals surface area contributed by atoms with Gasteiger partial charge in [0.15, 0.2) is 0 Å². The molecule has 5 aromatic rings. The number of hydrogen-bond acceptors (Lipinski definition) is 2. The monoisotopic (exact) mass is 377 g/mol. The maximum absolute atomic E-state index is 5.82. The van der Waals surface area contributed by atoms with Gasteiger partial charge in [-0.2, -0.15) is 0 Å². The number of fused-ring (bicyclic) bond motifs is 3. The normalized spacial score (nSPS) is 11.4. The third-order valence-corrected chi connectivity index (χ3v) is 5.59. The summed E-state index contributed by atoms with van der Waals surface area (Å²) in [4.78, 5) is 3.54. The quantitative estimate of drug-likeness (QED) is 0.383. The standard InChI is InChI=1S/C26H23N3/c27-15-17-3-1-5-19(11-17)21-7-9-25-23(13-21)24-14-22(8-10-26(24)29-25)20-6-2-4-18(12-20)16-28/h1-14,29H,15-16,27-28H2. The predicted octanol–water partition coefficient (Wildman–Crippen LogP) is 5.57. The lowest BCUT2D eigenvalue weighted by Crippen LogP contribution is -1.95. The van der Waals surface area contributed by atoms with Crippen molar-refractivity contribution < 1.29 is 0 Å². The van der Waals surface area contributed by atoms with Gasteiger partial charge < -0.3 is 16.5 Å².